The van der Waals surface area contributed by atoms with Crippen LogP contribution in [-0.2, 0) is 24.3 Å². The number of ketones is 1. The molecule has 6 rings (SSSR count). The Balaban J connectivity index is 1.23. The van der Waals surface area contributed by atoms with Crippen molar-refractivity contribution in [2.45, 2.75) is 25.9 Å². The highest BCUT2D eigenvalue weighted by Gasteiger charge is 2.35. The van der Waals surface area contributed by atoms with Gasteiger partial charge in [-0.15, -0.1) is 0 Å². The minimum absolute atomic E-state index is 0.0929. The maximum atomic E-state index is 14.5. The van der Waals surface area contributed by atoms with Crippen molar-refractivity contribution >= 4 is 52.8 Å². The number of quaternary nitrogens is 1. The summed E-state index contributed by atoms with van der Waals surface area (Å²) < 4.78 is 11.4. The first-order valence-corrected chi connectivity index (χ1v) is 17.5. The van der Waals surface area contributed by atoms with E-state index in [0.717, 1.165) is 16.8 Å². The molecule has 3 aromatic carbocycles. The Morgan fingerprint density at radius 3 is 2.59 bits per heavy atom. The van der Waals surface area contributed by atoms with Gasteiger partial charge in [0.2, 0.25) is 5.95 Å². The highest BCUT2D eigenvalue weighted by atomic mass is 35.5. The van der Waals surface area contributed by atoms with E-state index in [0.29, 0.717) is 64.1 Å². The van der Waals surface area contributed by atoms with Gasteiger partial charge in [0.1, 0.15) is 35.1 Å². The number of nitrogens with zero attached hydrogens (tertiary/aromatic N) is 7. The van der Waals surface area contributed by atoms with Crippen LogP contribution in [0, 0.1) is 10.1 Å². The quantitative estimate of drug-likeness (QED) is 0.0602. The van der Waals surface area contributed by atoms with E-state index in [4.69, 9.17) is 26.1 Å². The summed E-state index contributed by atoms with van der Waals surface area (Å²) in [6.45, 7) is 1.22. The van der Waals surface area contributed by atoms with E-state index in [9.17, 15) is 19.7 Å². The monoisotopic (exact) mass is 751 g/mol. The number of hydrogen-bond donors (Lipinski definition) is 1. The maximum Gasteiger partial charge on any atom is 0.368 e. The Hall–Kier alpha value is -6.12. The number of hydrogen-bond acceptors (Lipinski definition) is 10. The molecule has 0 aliphatic carbocycles. The Morgan fingerprint density at radius 2 is 1.85 bits per heavy atom. The molecule has 0 bridgehead atoms. The van der Waals surface area contributed by atoms with Gasteiger partial charge >= 0.3 is 11.9 Å². The smallest absolute Gasteiger partial charge is 0.368 e. The number of fused-ring (bicyclic) bond motifs is 1. The number of rotatable bonds is 15. The minimum atomic E-state index is -0.454. The van der Waals surface area contributed by atoms with E-state index in [1.807, 2.05) is 68.7 Å². The lowest BCUT2D eigenvalue weighted by Crippen LogP contribution is -2.47. The highest BCUT2D eigenvalue weighted by molar-refractivity contribution is 6.35. The zero-order valence-corrected chi connectivity index (χ0v) is 31.1. The molecular weight excluding hydrogens is 712 g/mol. The molecule has 14 nitrogen and oxygen atoms in total. The van der Waals surface area contributed by atoms with Gasteiger partial charge in [-0.1, -0.05) is 59.1 Å². The number of nitrogens with one attached hydrogen (secondary N) is 1. The predicted molar refractivity (Wildman–Crippen MR) is 207 cm³/mol. The van der Waals surface area contributed by atoms with Gasteiger partial charge < -0.3 is 29.4 Å². The van der Waals surface area contributed by atoms with Crippen LogP contribution in [0.15, 0.2) is 101 Å². The van der Waals surface area contributed by atoms with Crippen LogP contribution in [0.25, 0.3) is 0 Å². The second-order valence-corrected chi connectivity index (χ2v) is 13.9. The van der Waals surface area contributed by atoms with E-state index in [2.05, 4.69) is 15.3 Å². The van der Waals surface area contributed by atoms with Crippen molar-refractivity contribution in [3.8, 4) is 11.5 Å². The standard InChI is InChI=1S/C39H40ClN8O6/c1-48(2,25-28-15-16-41-36(28)47(51)52)17-9-14-31(49)19-26-10-8-11-27(18-26)23-46-37-29(22-42-38(44-37)43-30-12-6-5-7-13-30)24-45(39(46)50)33-20-32(53-3)21-34(54-4)35(33)40/h5-14,16,18,20-22H,15,17,19,23-25H2,1-4H3,(H,42,43,44)/q+1/b14-9+. The van der Waals surface area contributed by atoms with Crippen LogP contribution >= 0.6 is 11.6 Å². The van der Waals surface area contributed by atoms with Crippen molar-refractivity contribution in [2.75, 3.05) is 56.5 Å². The molecule has 0 unspecified atom stereocenters. The first kappa shape index (κ1) is 37.6. The molecule has 4 aromatic rings. The molecule has 0 atom stereocenters. The van der Waals surface area contributed by atoms with Crippen LogP contribution in [0.2, 0.25) is 5.02 Å². The lowest BCUT2D eigenvalue weighted by atomic mass is 10.0. The van der Waals surface area contributed by atoms with Crippen LogP contribution in [-0.4, -0.2) is 78.8 Å². The zero-order chi connectivity index (χ0) is 38.4. The van der Waals surface area contributed by atoms with Crippen molar-refractivity contribution in [1.29, 1.82) is 0 Å². The third kappa shape index (κ3) is 8.73. The molecule has 0 saturated heterocycles. The molecule has 0 saturated carbocycles. The summed E-state index contributed by atoms with van der Waals surface area (Å²) in [4.78, 5) is 54.7. The molecule has 0 fully saturated rings. The number of aliphatic imine (C=N–C) groups is 1. The Labute approximate surface area is 317 Å². The Morgan fingerprint density at radius 1 is 1.07 bits per heavy atom. The number of allylic oxidation sites excluding steroid dienone is 1. The van der Waals surface area contributed by atoms with Gasteiger partial charge in [-0.25, -0.2) is 9.78 Å². The van der Waals surface area contributed by atoms with E-state index < -0.39 is 4.92 Å². The third-order valence-electron chi connectivity index (χ3n) is 8.93. The van der Waals surface area contributed by atoms with Crippen molar-refractivity contribution in [3.63, 3.8) is 0 Å². The largest absolute Gasteiger partial charge is 0.497 e. The highest BCUT2D eigenvalue weighted by Crippen LogP contribution is 2.42. The van der Waals surface area contributed by atoms with Crippen molar-refractivity contribution < 1.29 is 28.5 Å². The fourth-order valence-electron chi connectivity index (χ4n) is 6.35. The molecule has 54 heavy (non-hydrogen) atoms. The van der Waals surface area contributed by atoms with Crippen molar-refractivity contribution in [2.24, 2.45) is 4.99 Å². The number of para-hydroxylation sites is 1. The molecule has 0 spiro atoms. The number of amides is 2. The molecule has 3 heterocycles. The molecule has 278 valence electrons. The number of urea groups is 1. The van der Waals surface area contributed by atoms with Gasteiger partial charge in [0, 0.05) is 42.4 Å². The van der Waals surface area contributed by atoms with E-state index in [-0.39, 0.29) is 42.2 Å². The summed E-state index contributed by atoms with van der Waals surface area (Å²) in [6.07, 6.45) is 7.18. The summed E-state index contributed by atoms with van der Waals surface area (Å²) in [5, 5.41) is 14.8. The number of likely N-dealkylation sites (N-methyl/N-ethyl adjacent to an activating group) is 1. The van der Waals surface area contributed by atoms with E-state index >= 15 is 0 Å². The number of ether oxygens (including phenoxy) is 2. The number of benzene rings is 3. The van der Waals surface area contributed by atoms with E-state index in [1.165, 1.54) is 19.1 Å². The topological polar surface area (TPSA) is 152 Å². The van der Waals surface area contributed by atoms with Crippen LogP contribution in [0.1, 0.15) is 23.1 Å². The summed E-state index contributed by atoms with van der Waals surface area (Å²) in [6, 6.07) is 20.0. The van der Waals surface area contributed by atoms with Crippen LogP contribution < -0.4 is 24.6 Å². The summed E-state index contributed by atoms with van der Waals surface area (Å²) in [5.74, 6) is 1.39. The fourth-order valence-corrected chi connectivity index (χ4v) is 6.64. The lowest BCUT2D eigenvalue weighted by molar-refractivity contribution is -0.880. The first-order chi connectivity index (χ1) is 25.9. The summed E-state index contributed by atoms with van der Waals surface area (Å²) >= 11 is 6.77. The number of nitro groups is 1. The molecule has 1 aromatic heterocycles. The van der Waals surface area contributed by atoms with Gasteiger partial charge in [-0.05, 0) is 40.3 Å². The SMILES string of the molecule is COc1cc(OC)c(Cl)c(N2Cc3cnc(Nc4ccccc4)nc3N(Cc3cccc(CC(=O)/C=C/C[N+](C)(C)CC4=C([N+](=O)[O-])N=CC4)c3)C2=O)c1. The predicted octanol–water partition coefficient (Wildman–Crippen LogP) is 6.74. The number of methoxy groups -OCH3 is 2. The first-order valence-electron chi connectivity index (χ1n) is 17.1. The number of anilines is 4. The molecule has 0 radical (unpaired) electrons. The summed E-state index contributed by atoms with van der Waals surface area (Å²) in [7, 11) is 6.92. The number of aromatic nitrogens is 2. The lowest BCUT2D eigenvalue weighted by Gasteiger charge is -2.36. The second-order valence-electron chi connectivity index (χ2n) is 13.5. The molecule has 15 heteroatoms. The fraction of sp³-hybridized carbons (Fsp3) is 0.256. The van der Waals surface area contributed by atoms with Gasteiger partial charge in [-0.2, -0.15) is 4.98 Å². The van der Waals surface area contributed by atoms with Crippen LogP contribution in [0.3, 0.4) is 0 Å². The third-order valence-corrected chi connectivity index (χ3v) is 9.31. The van der Waals surface area contributed by atoms with Crippen LogP contribution in [0.4, 0.5) is 27.9 Å². The zero-order valence-electron chi connectivity index (χ0n) is 30.4. The molecule has 2 aliphatic rings. The molecule has 2 aliphatic heterocycles. The van der Waals surface area contributed by atoms with Gasteiger partial charge in [0.15, 0.2) is 5.78 Å². The Bertz CT molecular complexity index is 2170. The number of halogens is 1. The van der Waals surface area contributed by atoms with Crippen molar-refractivity contribution in [1.82, 2.24) is 9.97 Å². The van der Waals surface area contributed by atoms with Gasteiger partial charge in [0.25, 0.3) is 0 Å². The number of carbonyl (C=O) groups is 2. The average molecular weight is 752 g/mol. The average Bonchev–Trinajstić information content (AvgIpc) is 3.61. The molecular formula is C39H40ClN8O6+. The maximum absolute atomic E-state index is 14.5. The van der Waals surface area contributed by atoms with Crippen molar-refractivity contribution in [3.05, 3.63) is 128 Å². The molecule has 1 N–H and O–H groups in total. The second kappa shape index (κ2) is 16.3. The van der Waals surface area contributed by atoms with Crippen LogP contribution in [0.5, 0.6) is 11.5 Å². The van der Waals surface area contributed by atoms with Gasteiger partial charge in [-0.3, -0.25) is 14.6 Å². The normalized spacial score (nSPS) is 14.1. The van der Waals surface area contributed by atoms with E-state index in [1.54, 1.807) is 41.6 Å². The van der Waals surface area contributed by atoms with Gasteiger partial charge in [0.05, 0.1) is 59.2 Å². The minimum Gasteiger partial charge on any atom is -0.497 e. The number of carbonyl (C=O) groups excluding carboxylic acids is 2. The summed E-state index contributed by atoms with van der Waals surface area (Å²) in [5.41, 5.74) is 4.11. The molecule has 2 amide bonds. The Kier molecular flexibility index (Phi) is 11.3.